The molecule has 0 bridgehead atoms. The Kier molecular flexibility index (Phi) is 3.20. The van der Waals surface area contributed by atoms with E-state index in [1.807, 2.05) is 0 Å². The van der Waals surface area contributed by atoms with Crippen LogP contribution in [0.2, 0.25) is 5.02 Å². The van der Waals surface area contributed by atoms with E-state index in [0.29, 0.717) is 12.1 Å². The van der Waals surface area contributed by atoms with Gasteiger partial charge in [-0.1, -0.05) is 11.6 Å². The predicted octanol–water partition coefficient (Wildman–Crippen LogP) is 3.21. The molecular formula is C8H4ClF5O. The van der Waals surface area contributed by atoms with Crippen molar-refractivity contribution in [2.45, 2.75) is 12.3 Å². The highest BCUT2D eigenvalue weighted by atomic mass is 35.5. The average Bonchev–Trinajstić information content (AvgIpc) is 2.10. The standard InChI is InChI=1S/C8H4ClF5O/c9-6-4(11)2-1-3(10)5(6)7(15)8(12,13)14/h1-2,7,15H/t7-/m0/s1. The molecule has 0 aliphatic carbocycles. The third-order valence-electron chi connectivity index (χ3n) is 1.66. The highest BCUT2D eigenvalue weighted by Crippen LogP contribution is 2.38. The number of alkyl halides is 3. The minimum Gasteiger partial charge on any atom is -0.379 e. The number of aliphatic hydroxyl groups excluding tert-OH is 1. The summed E-state index contributed by atoms with van der Waals surface area (Å²) in [7, 11) is 0. The van der Waals surface area contributed by atoms with E-state index in [4.69, 9.17) is 16.7 Å². The minimum atomic E-state index is -5.10. The van der Waals surface area contributed by atoms with E-state index in [1.165, 1.54) is 0 Å². The molecule has 1 atom stereocenters. The number of aliphatic hydroxyl groups is 1. The van der Waals surface area contributed by atoms with Gasteiger partial charge in [0.25, 0.3) is 0 Å². The van der Waals surface area contributed by atoms with Gasteiger partial charge in [-0.05, 0) is 12.1 Å². The van der Waals surface area contributed by atoms with Crippen LogP contribution in [0.4, 0.5) is 22.0 Å². The Labute approximate surface area is 86.1 Å². The van der Waals surface area contributed by atoms with Crippen molar-refractivity contribution in [1.82, 2.24) is 0 Å². The number of halogens is 6. The maximum Gasteiger partial charge on any atom is 0.418 e. The van der Waals surface area contributed by atoms with Gasteiger partial charge in [-0.15, -0.1) is 0 Å². The molecule has 0 radical (unpaired) electrons. The van der Waals surface area contributed by atoms with Gasteiger partial charge in [-0.2, -0.15) is 13.2 Å². The maximum atomic E-state index is 12.9. The summed E-state index contributed by atoms with van der Waals surface area (Å²) < 4.78 is 61.7. The zero-order valence-electron chi connectivity index (χ0n) is 6.95. The number of hydrogen-bond donors (Lipinski definition) is 1. The van der Waals surface area contributed by atoms with E-state index in [9.17, 15) is 22.0 Å². The molecule has 15 heavy (non-hydrogen) atoms. The van der Waals surface area contributed by atoms with Gasteiger partial charge in [-0.3, -0.25) is 0 Å². The lowest BCUT2D eigenvalue weighted by molar-refractivity contribution is -0.207. The Balaban J connectivity index is 3.31. The van der Waals surface area contributed by atoms with E-state index < -0.39 is 34.5 Å². The number of benzene rings is 1. The smallest absolute Gasteiger partial charge is 0.379 e. The largest absolute Gasteiger partial charge is 0.418 e. The SMILES string of the molecule is O[C@@H](c1c(F)ccc(F)c1Cl)C(F)(F)F. The first-order valence-corrected chi connectivity index (χ1v) is 4.01. The molecule has 0 unspecified atom stereocenters. The predicted molar refractivity (Wildman–Crippen MR) is 42.4 cm³/mol. The zero-order chi connectivity index (χ0) is 11.8. The summed E-state index contributed by atoms with van der Waals surface area (Å²) in [6, 6.07) is 1.04. The van der Waals surface area contributed by atoms with Gasteiger partial charge in [0.1, 0.15) is 11.6 Å². The average molecular weight is 247 g/mol. The van der Waals surface area contributed by atoms with Crippen LogP contribution in [0.5, 0.6) is 0 Å². The molecule has 0 aromatic heterocycles. The van der Waals surface area contributed by atoms with Crippen molar-refractivity contribution in [1.29, 1.82) is 0 Å². The van der Waals surface area contributed by atoms with E-state index in [1.54, 1.807) is 0 Å². The van der Waals surface area contributed by atoms with Crippen molar-refractivity contribution in [2.75, 3.05) is 0 Å². The van der Waals surface area contributed by atoms with Gasteiger partial charge in [-0.25, -0.2) is 8.78 Å². The molecule has 0 heterocycles. The summed E-state index contributed by atoms with van der Waals surface area (Å²) in [5.41, 5.74) is -1.30. The third-order valence-corrected chi connectivity index (χ3v) is 2.05. The topological polar surface area (TPSA) is 20.2 Å². The lowest BCUT2D eigenvalue weighted by Gasteiger charge is -2.16. The van der Waals surface area contributed by atoms with Gasteiger partial charge in [0.15, 0.2) is 6.10 Å². The van der Waals surface area contributed by atoms with Crippen LogP contribution < -0.4 is 0 Å². The van der Waals surface area contributed by atoms with Crippen molar-refractivity contribution < 1.29 is 27.1 Å². The molecule has 1 N–H and O–H groups in total. The molecule has 84 valence electrons. The molecule has 1 aromatic carbocycles. The van der Waals surface area contributed by atoms with Crippen LogP contribution in [-0.4, -0.2) is 11.3 Å². The van der Waals surface area contributed by atoms with Crippen LogP contribution in [0.1, 0.15) is 11.7 Å². The highest BCUT2D eigenvalue weighted by molar-refractivity contribution is 6.31. The normalized spacial score (nSPS) is 14.1. The Morgan fingerprint density at radius 2 is 1.60 bits per heavy atom. The molecule has 0 amide bonds. The second kappa shape index (κ2) is 3.94. The number of hydrogen-bond acceptors (Lipinski definition) is 1. The lowest BCUT2D eigenvalue weighted by Crippen LogP contribution is -2.22. The van der Waals surface area contributed by atoms with Gasteiger partial charge >= 0.3 is 6.18 Å². The van der Waals surface area contributed by atoms with E-state index in [2.05, 4.69) is 0 Å². The van der Waals surface area contributed by atoms with Crippen molar-refractivity contribution in [3.63, 3.8) is 0 Å². The first-order valence-electron chi connectivity index (χ1n) is 3.63. The van der Waals surface area contributed by atoms with Crippen LogP contribution in [-0.2, 0) is 0 Å². The molecule has 0 saturated heterocycles. The van der Waals surface area contributed by atoms with Crippen molar-refractivity contribution in [3.8, 4) is 0 Å². The molecule has 7 heteroatoms. The fraction of sp³-hybridized carbons (Fsp3) is 0.250. The first kappa shape index (κ1) is 12.2. The van der Waals surface area contributed by atoms with E-state index in [0.717, 1.165) is 0 Å². The van der Waals surface area contributed by atoms with Crippen molar-refractivity contribution >= 4 is 11.6 Å². The molecule has 1 rings (SSSR count). The molecule has 0 fully saturated rings. The van der Waals surface area contributed by atoms with Crippen LogP contribution in [0, 0.1) is 11.6 Å². The van der Waals surface area contributed by atoms with Crippen LogP contribution in [0.3, 0.4) is 0 Å². The highest BCUT2D eigenvalue weighted by Gasteiger charge is 2.42. The lowest BCUT2D eigenvalue weighted by atomic mass is 10.1. The Hall–Kier alpha value is -0.880. The Bertz CT molecular complexity index is 376. The maximum absolute atomic E-state index is 12.9. The third kappa shape index (κ3) is 2.38. The van der Waals surface area contributed by atoms with Gasteiger partial charge in [0.2, 0.25) is 0 Å². The second-order valence-electron chi connectivity index (χ2n) is 2.70. The Morgan fingerprint density at radius 1 is 1.13 bits per heavy atom. The van der Waals surface area contributed by atoms with Crippen molar-refractivity contribution in [2.24, 2.45) is 0 Å². The summed E-state index contributed by atoms with van der Waals surface area (Å²) in [4.78, 5) is 0. The molecule has 0 saturated carbocycles. The van der Waals surface area contributed by atoms with E-state index in [-0.39, 0.29) is 0 Å². The van der Waals surface area contributed by atoms with Gasteiger partial charge < -0.3 is 5.11 Å². The fourth-order valence-corrected chi connectivity index (χ4v) is 1.21. The monoisotopic (exact) mass is 246 g/mol. The number of rotatable bonds is 1. The summed E-state index contributed by atoms with van der Waals surface area (Å²) in [5, 5.41) is 7.66. The molecule has 0 aliphatic heterocycles. The quantitative estimate of drug-likeness (QED) is 0.596. The molecule has 1 nitrogen and oxygen atoms in total. The zero-order valence-corrected chi connectivity index (χ0v) is 7.70. The van der Waals surface area contributed by atoms with Crippen molar-refractivity contribution in [3.05, 3.63) is 34.4 Å². The molecule has 1 aromatic rings. The molecule has 0 aliphatic rings. The van der Waals surface area contributed by atoms with Crippen LogP contribution >= 0.6 is 11.6 Å². The summed E-state index contributed by atoms with van der Waals surface area (Å²) >= 11 is 5.12. The molecular weight excluding hydrogens is 243 g/mol. The summed E-state index contributed by atoms with van der Waals surface area (Å²) in [6.07, 6.45) is -8.24. The van der Waals surface area contributed by atoms with Crippen LogP contribution in [0.25, 0.3) is 0 Å². The van der Waals surface area contributed by atoms with E-state index >= 15 is 0 Å². The van der Waals surface area contributed by atoms with Gasteiger partial charge in [0, 0.05) is 5.56 Å². The summed E-state index contributed by atoms with van der Waals surface area (Å²) in [5.74, 6) is -2.64. The van der Waals surface area contributed by atoms with Gasteiger partial charge in [0.05, 0.1) is 5.02 Å². The summed E-state index contributed by atoms with van der Waals surface area (Å²) in [6.45, 7) is 0. The Morgan fingerprint density at radius 3 is 2.07 bits per heavy atom. The molecule has 0 spiro atoms. The first-order chi connectivity index (χ1) is 6.75. The second-order valence-corrected chi connectivity index (χ2v) is 3.08. The minimum absolute atomic E-state index is 0.464. The van der Waals surface area contributed by atoms with Crippen LogP contribution in [0.15, 0.2) is 12.1 Å². The fourth-order valence-electron chi connectivity index (χ4n) is 0.957.